The molecule has 0 amide bonds. The molecule has 0 fully saturated rings. The Hall–Kier alpha value is -2.79. The molecule has 1 aliphatic heterocycles. The van der Waals surface area contributed by atoms with Gasteiger partial charge in [-0.15, -0.1) is 0 Å². The maximum Gasteiger partial charge on any atom is 0.174 e. The molecule has 4 rings (SSSR count). The van der Waals surface area contributed by atoms with E-state index in [1.807, 2.05) is 19.1 Å². The number of anilines is 1. The van der Waals surface area contributed by atoms with Crippen molar-refractivity contribution >= 4 is 23.0 Å². The summed E-state index contributed by atoms with van der Waals surface area (Å²) in [5, 5.41) is 4.24. The van der Waals surface area contributed by atoms with Crippen LogP contribution >= 0.6 is 12.2 Å². The maximum atomic E-state index is 5.88. The monoisotopic (exact) mass is 405 g/mol. The molecule has 2 heterocycles. The zero-order valence-corrected chi connectivity index (χ0v) is 18.0. The fourth-order valence-corrected chi connectivity index (χ4v) is 4.31. The molecule has 29 heavy (non-hydrogen) atoms. The summed E-state index contributed by atoms with van der Waals surface area (Å²) in [4.78, 5) is 2.29. The van der Waals surface area contributed by atoms with Crippen LogP contribution in [0.2, 0.25) is 0 Å². The first kappa shape index (κ1) is 19.5. The third kappa shape index (κ3) is 4.01. The summed E-state index contributed by atoms with van der Waals surface area (Å²) in [6.07, 6.45) is 2.15. The summed E-state index contributed by atoms with van der Waals surface area (Å²) in [7, 11) is 0. The van der Waals surface area contributed by atoms with Gasteiger partial charge in [0, 0.05) is 30.7 Å². The van der Waals surface area contributed by atoms with Crippen LogP contribution in [0.3, 0.4) is 0 Å². The first-order valence-electron chi connectivity index (χ1n) is 10.1. The van der Waals surface area contributed by atoms with Crippen LogP contribution < -0.4 is 10.1 Å². The van der Waals surface area contributed by atoms with Gasteiger partial charge in [-0.2, -0.15) is 0 Å². The maximum absolute atomic E-state index is 5.88. The Morgan fingerprint density at radius 2 is 1.90 bits per heavy atom. The van der Waals surface area contributed by atoms with Crippen molar-refractivity contribution in [2.24, 2.45) is 0 Å². The number of rotatable bonds is 4. The topological polar surface area (TPSA) is 29.4 Å². The highest BCUT2D eigenvalue weighted by molar-refractivity contribution is 7.80. The van der Waals surface area contributed by atoms with Gasteiger partial charge in [-0.1, -0.05) is 29.8 Å². The highest BCUT2D eigenvalue weighted by Crippen LogP contribution is 2.34. The van der Waals surface area contributed by atoms with Gasteiger partial charge < -0.3 is 19.5 Å². The average molecular weight is 406 g/mol. The molecule has 0 saturated heterocycles. The summed E-state index contributed by atoms with van der Waals surface area (Å²) in [6.45, 7) is 8.67. The van der Waals surface area contributed by atoms with E-state index in [-0.39, 0.29) is 6.04 Å². The normalized spacial score (nSPS) is 15.7. The van der Waals surface area contributed by atoms with Gasteiger partial charge in [-0.05, 0) is 74.4 Å². The fraction of sp³-hybridized carbons (Fsp3) is 0.292. The van der Waals surface area contributed by atoms with Crippen molar-refractivity contribution in [3.63, 3.8) is 0 Å². The number of fused-ring (bicyclic) bond motifs is 1. The molecular formula is C24H27N3OS. The van der Waals surface area contributed by atoms with Crippen molar-refractivity contribution in [3.05, 3.63) is 83.2 Å². The largest absolute Gasteiger partial charge is 0.494 e. The molecule has 1 N–H and O–H groups in total. The molecule has 0 spiro atoms. The quantitative estimate of drug-likeness (QED) is 0.596. The van der Waals surface area contributed by atoms with E-state index < -0.39 is 0 Å². The Bertz CT molecular complexity index is 1010. The summed E-state index contributed by atoms with van der Waals surface area (Å²) >= 11 is 5.88. The predicted octanol–water partition coefficient (Wildman–Crippen LogP) is 5.31. The number of nitrogens with one attached hydrogen (secondary N) is 1. The zero-order valence-electron chi connectivity index (χ0n) is 17.2. The second kappa shape index (κ2) is 8.29. The number of thiocarbonyl (C=S) groups is 1. The highest BCUT2D eigenvalue weighted by atomic mass is 32.1. The van der Waals surface area contributed by atoms with Crippen molar-refractivity contribution in [1.29, 1.82) is 0 Å². The van der Waals surface area contributed by atoms with Crippen LogP contribution in [0.25, 0.3) is 0 Å². The van der Waals surface area contributed by atoms with Crippen LogP contribution in [0.4, 0.5) is 5.69 Å². The van der Waals surface area contributed by atoms with Gasteiger partial charge in [0.2, 0.25) is 0 Å². The smallest absolute Gasteiger partial charge is 0.174 e. The van der Waals surface area contributed by atoms with E-state index in [1.54, 1.807) is 0 Å². The van der Waals surface area contributed by atoms with Crippen molar-refractivity contribution in [2.75, 3.05) is 18.5 Å². The molecule has 0 radical (unpaired) electrons. The molecule has 1 atom stereocenters. The molecule has 3 aromatic rings. The van der Waals surface area contributed by atoms with E-state index in [4.69, 9.17) is 17.0 Å². The van der Waals surface area contributed by atoms with Crippen LogP contribution in [-0.4, -0.2) is 27.7 Å². The number of aryl methyl sites for hydroxylation is 2. The van der Waals surface area contributed by atoms with E-state index in [2.05, 4.69) is 77.3 Å². The van der Waals surface area contributed by atoms with Crippen LogP contribution in [0.5, 0.6) is 5.75 Å². The van der Waals surface area contributed by atoms with E-state index in [0.717, 1.165) is 29.6 Å². The van der Waals surface area contributed by atoms with Crippen molar-refractivity contribution < 1.29 is 4.74 Å². The molecule has 0 saturated carbocycles. The molecular weight excluding hydrogens is 378 g/mol. The summed E-state index contributed by atoms with van der Waals surface area (Å²) in [5.74, 6) is 0.893. The van der Waals surface area contributed by atoms with Crippen LogP contribution in [0.1, 0.15) is 35.3 Å². The third-order valence-corrected chi connectivity index (χ3v) is 5.77. The van der Waals surface area contributed by atoms with Crippen LogP contribution in [0, 0.1) is 13.8 Å². The number of aromatic nitrogens is 1. The van der Waals surface area contributed by atoms with Gasteiger partial charge in [-0.25, -0.2) is 0 Å². The molecule has 0 bridgehead atoms. The lowest BCUT2D eigenvalue weighted by Gasteiger charge is -2.39. The molecule has 150 valence electrons. The second-order valence-corrected chi connectivity index (χ2v) is 7.86. The van der Waals surface area contributed by atoms with Crippen LogP contribution in [0.15, 0.2) is 60.8 Å². The molecule has 1 aliphatic rings. The van der Waals surface area contributed by atoms with Crippen molar-refractivity contribution in [1.82, 2.24) is 9.47 Å². The summed E-state index contributed by atoms with van der Waals surface area (Å²) in [5.41, 5.74) is 5.97. The van der Waals surface area contributed by atoms with Gasteiger partial charge in [0.1, 0.15) is 5.75 Å². The first-order chi connectivity index (χ1) is 14.1. The van der Waals surface area contributed by atoms with Crippen molar-refractivity contribution in [3.8, 4) is 5.75 Å². The molecule has 1 aromatic heterocycles. The molecule has 5 heteroatoms. The first-order valence-corrected chi connectivity index (χ1v) is 10.5. The van der Waals surface area contributed by atoms with Gasteiger partial charge in [0.15, 0.2) is 5.11 Å². The summed E-state index contributed by atoms with van der Waals surface area (Å²) in [6, 6.07) is 19.1. The second-order valence-electron chi connectivity index (χ2n) is 7.47. The van der Waals surface area contributed by atoms with E-state index >= 15 is 0 Å². The summed E-state index contributed by atoms with van der Waals surface area (Å²) < 4.78 is 7.94. The number of hydrogen-bond donors (Lipinski definition) is 1. The molecule has 0 aliphatic carbocycles. The average Bonchev–Trinajstić information content (AvgIpc) is 3.19. The third-order valence-electron chi connectivity index (χ3n) is 5.43. The Morgan fingerprint density at radius 3 is 2.62 bits per heavy atom. The van der Waals surface area contributed by atoms with Gasteiger partial charge in [0.25, 0.3) is 0 Å². The minimum Gasteiger partial charge on any atom is -0.494 e. The zero-order chi connectivity index (χ0) is 20.4. The number of ether oxygens (including phenoxy) is 1. The number of benzene rings is 2. The Morgan fingerprint density at radius 1 is 1.10 bits per heavy atom. The van der Waals surface area contributed by atoms with Gasteiger partial charge in [0.05, 0.1) is 12.6 Å². The molecule has 4 nitrogen and oxygen atoms in total. The Balaban J connectivity index is 1.64. The lowest BCUT2D eigenvalue weighted by molar-refractivity contribution is 0.293. The lowest BCUT2D eigenvalue weighted by Crippen LogP contribution is -2.44. The number of hydrogen-bond acceptors (Lipinski definition) is 2. The van der Waals surface area contributed by atoms with Crippen molar-refractivity contribution in [2.45, 2.75) is 33.4 Å². The minimum atomic E-state index is 0.0696. The number of nitrogens with zero attached hydrogens (tertiary/aromatic N) is 2. The SMILES string of the molecule is CCOc1ccc([C@@H]2c3cccn3CCN2C(=S)Nc2ccc(C)cc2C)cc1. The predicted molar refractivity (Wildman–Crippen MR) is 123 cm³/mol. The Labute approximate surface area is 178 Å². The Kier molecular flexibility index (Phi) is 5.58. The van der Waals surface area contributed by atoms with Gasteiger partial charge in [-0.3, -0.25) is 0 Å². The lowest BCUT2D eigenvalue weighted by atomic mass is 10.00. The minimum absolute atomic E-state index is 0.0696. The standard InChI is InChI=1S/C24H27N3OS/c1-4-28-20-10-8-19(9-11-20)23-22-6-5-13-26(22)14-15-27(23)24(29)25-21-12-7-17(2)16-18(21)3/h5-13,16,23H,4,14-15H2,1-3H3,(H,25,29)/t23-/m1/s1. The van der Waals surface area contributed by atoms with Crippen LogP contribution in [-0.2, 0) is 6.54 Å². The van der Waals surface area contributed by atoms with E-state index in [1.165, 1.54) is 22.4 Å². The van der Waals surface area contributed by atoms with E-state index in [0.29, 0.717) is 6.61 Å². The highest BCUT2D eigenvalue weighted by Gasteiger charge is 2.30. The van der Waals surface area contributed by atoms with Gasteiger partial charge >= 0.3 is 0 Å². The molecule has 2 aromatic carbocycles. The van der Waals surface area contributed by atoms with E-state index in [9.17, 15) is 0 Å². The fourth-order valence-electron chi connectivity index (χ4n) is 4.01. The molecule has 0 unspecified atom stereocenters.